The molecule has 1 fully saturated rings. The summed E-state index contributed by atoms with van der Waals surface area (Å²) in [6, 6.07) is 14.0. The SMILES string of the molecule is CNCC(O)Cn1c(C(C)(C)C)cc2cc(NC(=O)C3(c4ccc5c(c4)OCO5)CC3)ccc21. The van der Waals surface area contributed by atoms with Crippen LogP contribution in [0.2, 0.25) is 0 Å². The molecule has 2 aromatic carbocycles. The molecule has 1 unspecified atom stereocenters. The fourth-order valence-electron chi connectivity index (χ4n) is 4.89. The molecule has 7 heteroatoms. The lowest BCUT2D eigenvalue weighted by Crippen LogP contribution is -2.30. The van der Waals surface area contributed by atoms with Crippen LogP contribution in [0, 0.1) is 0 Å². The summed E-state index contributed by atoms with van der Waals surface area (Å²) >= 11 is 0. The number of amides is 1. The van der Waals surface area contributed by atoms with Gasteiger partial charge in [0, 0.05) is 34.2 Å². The van der Waals surface area contributed by atoms with Gasteiger partial charge >= 0.3 is 0 Å². The quantitative estimate of drug-likeness (QED) is 0.495. The molecule has 7 nitrogen and oxygen atoms in total. The Morgan fingerprint density at radius 2 is 1.88 bits per heavy atom. The molecule has 1 aliphatic heterocycles. The minimum atomic E-state index is -0.518. The van der Waals surface area contributed by atoms with Gasteiger partial charge in [0.15, 0.2) is 11.5 Å². The Morgan fingerprint density at radius 3 is 2.59 bits per heavy atom. The van der Waals surface area contributed by atoms with Crippen LogP contribution in [0.1, 0.15) is 44.9 Å². The molecule has 1 amide bonds. The predicted octanol–water partition coefficient (Wildman–Crippen LogP) is 3.92. The number of hydrogen-bond donors (Lipinski definition) is 3. The number of aliphatic hydroxyl groups excluding tert-OH is 1. The number of fused-ring (bicyclic) bond motifs is 2. The van der Waals surface area contributed by atoms with Crippen LogP contribution in [0.5, 0.6) is 11.5 Å². The normalized spacial score (nSPS) is 17.1. The van der Waals surface area contributed by atoms with Crippen LogP contribution in [0.4, 0.5) is 5.69 Å². The van der Waals surface area contributed by atoms with Gasteiger partial charge < -0.3 is 29.8 Å². The molecule has 34 heavy (non-hydrogen) atoms. The highest BCUT2D eigenvalue weighted by Crippen LogP contribution is 2.51. The van der Waals surface area contributed by atoms with Crippen LogP contribution >= 0.6 is 0 Å². The molecule has 3 N–H and O–H groups in total. The second-order valence-corrected chi connectivity index (χ2v) is 10.5. The van der Waals surface area contributed by atoms with Crippen molar-refractivity contribution >= 4 is 22.5 Å². The Hall–Kier alpha value is -3.03. The van der Waals surface area contributed by atoms with E-state index < -0.39 is 11.5 Å². The lowest BCUT2D eigenvalue weighted by molar-refractivity contribution is -0.118. The third-order valence-electron chi connectivity index (χ3n) is 6.87. The van der Waals surface area contributed by atoms with E-state index in [-0.39, 0.29) is 18.1 Å². The zero-order chi connectivity index (χ0) is 24.1. The first-order valence-electron chi connectivity index (χ1n) is 11.9. The number of hydrogen-bond acceptors (Lipinski definition) is 5. The molecule has 1 aromatic heterocycles. The first kappa shape index (κ1) is 22.7. The second-order valence-electron chi connectivity index (χ2n) is 10.5. The van der Waals surface area contributed by atoms with Gasteiger partial charge in [-0.2, -0.15) is 0 Å². The van der Waals surface area contributed by atoms with Gasteiger partial charge in [0.25, 0.3) is 0 Å². The van der Waals surface area contributed by atoms with Crippen LogP contribution < -0.4 is 20.1 Å². The maximum absolute atomic E-state index is 13.4. The molecule has 2 heterocycles. The number of anilines is 1. The highest BCUT2D eigenvalue weighted by Gasteiger charge is 2.51. The molecule has 1 atom stereocenters. The van der Waals surface area contributed by atoms with Gasteiger partial charge in [-0.05, 0) is 61.9 Å². The molecule has 5 rings (SSSR count). The molecule has 2 aliphatic rings. The Labute approximate surface area is 200 Å². The van der Waals surface area contributed by atoms with E-state index in [1.165, 1.54) is 0 Å². The largest absolute Gasteiger partial charge is 0.454 e. The van der Waals surface area contributed by atoms with Crippen molar-refractivity contribution in [2.75, 3.05) is 25.7 Å². The first-order valence-corrected chi connectivity index (χ1v) is 11.9. The van der Waals surface area contributed by atoms with Crippen molar-refractivity contribution in [2.24, 2.45) is 0 Å². The highest BCUT2D eigenvalue weighted by atomic mass is 16.7. The van der Waals surface area contributed by atoms with Crippen LogP contribution in [-0.2, 0) is 22.2 Å². The first-order chi connectivity index (χ1) is 16.2. The lowest BCUT2D eigenvalue weighted by atomic mass is 9.92. The smallest absolute Gasteiger partial charge is 0.235 e. The average Bonchev–Trinajstić information content (AvgIpc) is 3.33. The van der Waals surface area contributed by atoms with Gasteiger partial charge in [-0.25, -0.2) is 0 Å². The molecule has 0 spiro atoms. The van der Waals surface area contributed by atoms with E-state index in [4.69, 9.17) is 9.47 Å². The van der Waals surface area contributed by atoms with Crippen molar-refractivity contribution in [3.05, 3.63) is 53.7 Å². The van der Waals surface area contributed by atoms with Crippen molar-refractivity contribution in [1.29, 1.82) is 0 Å². The number of likely N-dealkylation sites (N-methyl/N-ethyl adjacent to an activating group) is 1. The van der Waals surface area contributed by atoms with Crippen LogP contribution in [0.25, 0.3) is 10.9 Å². The van der Waals surface area contributed by atoms with Gasteiger partial charge in [0.2, 0.25) is 12.7 Å². The lowest BCUT2D eigenvalue weighted by Gasteiger charge is -2.23. The molecule has 1 aliphatic carbocycles. The van der Waals surface area contributed by atoms with E-state index in [2.05, 4.69) is 42.0 Å². The fourth-order valence-corrected chi connectivity index (χ4v) is 4.89. The van der Waals surface area contributed by atoms with Gasteiger partial charge in [0.05, 0.1) is 18.1 Å². The monoisotopic (exact) mass is 463 g/mol. The van der Waals surface area contributed by atoms with Gasteiger partial charge in [-0.15, -0.1) is 0 Å². The zero-order valence-electron chi connectivity index (χ0n) is 20.3. The summed E-state index contributed by atoms with van der Waals surface area (Å²) in [5, 5.41) is 17.7. The number of carbonyl (C=O) groups excluding carboxylic acids is 1. The molecule has 180 valence electrons. The van der Waals surface area contributed by atoms with E-state index in [0.29, 0.717) is 18.8 Å². The van der Waals surface area contributed by atoms with Gasteiger partial charge in [-0.1, -0.05) is 26.8 Å². The zero-order valence-corrected chi connectivity index (χ0v) is 20.3. The van der Waals surface area contributed by atoms with E-state index >= 15 is 0 Å². The highest BCUT2D eigenvalue weighted by molar-refractivity contribution is 6.02. The molecule has 0 radical (unpaired) electrons. The van der Waals surface area contributed by atoms with E-state index in [0.717, 1.165) is 46.4 Å². The van der Waals surface area contributed by atoms with Crippen LogP contribution in [0.15, 0.2) is 42.5 Å². The Balaban J connectivity index is 1.42. The summed E-state index contributed by atoms with van der Waals surface area (Å²) in [4.78, 5) is 13.4. The number of aliphatic hydroxyl groups is 1. The average molecular weight is 464 g/mol. The second kappa shape index (κ2) is 8.32. The minimum Gasteiger partial charge on any atom is -0.454 e. The summed E-state index contributed by atoms with van der Waals surface area (Å²) in [7, 11) is 1.84. The summed E-state index contributed by atoms with van der Waals surface area (Å²) in [5.74, 6) is 1.43. The molecular formula is C27H33N3O4. The molecular weight excluding hydrogens is 430 g/mol. The van der Waals surface area contributed by atoms with Crippen molar-refractivity contribution in [3.63, 3.8) is 0 Å². The molecule has 1 saturated carbocycles. The van der Waals surface area contributed by atoms with Crippen molar-refractivity contribution < 1.29 is 19.4 Å². The summed E-state index contributed by atoms with van der Waals surface area (Å²) in [6.07, 6.45) is 1.14. The predicted molar refractivity (Wildman–Crippen MR) is 133 cm³/mol. The van der Waals surface area contributed by atoms with Crippen LogP contribution in [-0.4, -0.2) is 42.1 Å². The minimum absolute atomic E-state index is 0.00522. The Bertz CT molecular complexity index is 1240. The van der Waals surface area contributed by atoms with Gasteiger partial charge in [0.1, 0.15) is 0 Å². The third-order valence-corrected chi connectivity index (χ3v) is 6.87. The number of benzene rings is 2. The summed E-state index contributed by atoms with van der Waals surface area (Å²) in [6.45, 7) is 7.78. The summed E-state index contributed by atoms with van der Waals surface area (Å²) in [5.41, 5.74) is 3.35. The van der Waals surface area contributed by atoms with Crippen LogP contribution in [0.3, 0.4) is 0 Å². The van der Waals surface area contributed by atoms with Gasteiger partial charge in [-0.3, -0.25) is 4.79 Å². The topological polar surface area (TPSA) is 84.8 Å². The number of ether oxygens (including phenoxy) is 2. The fraction of sp³-hybridized carbons (Fsp3) is 0.444. The maximum Gasteiger partial charge on any atom is 0.235 e. The van der Waals surface area contributed by atoms with E-state index in [1.54, 1.807) is 0 Å². The number of nitrogens with zero attached hydrogens (tertiary/aromatic N) is 1. The van der Waals surface area contributed by atoms with Crippen molar-refractivity contribution in [1.82, 2.24) is 9.88 Å². The third kappa shape index (κ3) is 4.03. The molecule has 0 bridgehead atoms. The van der Waals surface area contributed by atoms with Crippen molar-refractivity contribution in [3.8, 4) is 11.5 Å². The standard InChI is InChI=1S/C27H33N3O4/c1-26(2,3)24-12-17-11-19(6-7-21(17)30(24)15-20(31)14-28-4)29-25(32)27(9-10-27)18-5-8-22-23(13-18)34-16-33-22/h5-8,11-13,20,28,31H,9-10,14-16H2,1-4H3,(H,29,32). The Kier molecular flexibility index (Phi) is 5.57. The maximum atomic E-state index is 13.4. The van der Waals surface area contributed by atoms with E-state index in [1.807, 2.05) is 43.4 Å². The number of nitrogens with one attached hydrogen (secondary N) is 2. The molecule has 0 saturated heterocycles. The summed E-state index contributed by atoms with van der Waals surface area (Å²) < 4.78 is 13.1. The Morgan fingerprint density at radius 1 is 1.12 bits per heavy atom. The number of aromatic nitrogens is 1. The van der Waals surface area contributed by atoms with Crippen molar-refractivity contribution in [2.45, 2.75) is 57.1 Å². The van der Waals surface area contributed by atoms with E-state index in [9.17, 15) is 9.90 Å². The molecule has 3 aromatic rings. The number of carbonyl (C=O) groups is 1. The number of rotatable bonds is 7.